The molecule has 1 rings (SSSR count). The minimum Gasteiger partial charge on any atom is -0.480 e. The van der Waals surface area contributed by atoms with Crippen molar-refractivity contribution in [2.45, 2.75) is 44.3 Å². The van der Waals surface area contributed by atoms with Crippen molar-refractivity contribution in [1.29, 1.82) is 0 Å². The number of hydrogen-bond acceptors (Lipinski definition) is 3. The first-order chi connectivity index (χ1) is 9.75. The summed E-state index contributed by atoms with van der Waals surface area (Å²) >= 11 is 1.47. The van der Waals surface area contributed by atoms with Crippen LogP contribution in [0.3, 0.4) is 0 Å². The summed E-state index contributed by atoms with van der Waals surface area (Å²) in [6, 6.07) is -0.967. The molecular formula is C13H20F3NO3S. The van der Waals surface area contributed by atoms with Crippen LogP contribution in [0.5, 0.6) is 0 Å². The molecule has 0 aromatic heterocycles. The largest absolute Gasteiger partial charge is 0.480 e. The lowest BCUT2D eigenvalue weighted by Gasteiger charge is -2.29. The summed E-state index contributed by atoms with van der Waals surface area (Å²) < 4.78 is 37.6. The highest BCUT2D eigenvalue weighted by molar-refractivity contribution is 7.98. The van der Waals surface area contributed by atoms with E-state index in [-0.39, 0.29) is 25.7 Å². The van der Waals surface area contributed by atoms with Crippen molar-refractivity contribution in [1.82, 2.24) is 5.32 Å². The molecule has 0 bridgehead atoms. The number of carboxylic acid groups (broad SMARTS) is 1. The van der Waals surface area contributed by atoms with Crippen LogP contribution in [0.1, 0.15) is 32.1 Å². The van der Waals surface area contributed by atoms with Crippen LogP contribution in [0, 0.1) is 11.8 Å². The van der Waals surface area contributed by atoms with Gasteiger partial charge in [-0.3, -0.25) is 4.79 Å². The zero-order valence-electron chi connectivity index (χ0n) is 11.8. The number of carboxylic acids is 1. The summed E-state index contributed by atoms with van der Waals surface area (Å²) in [6.45, 7) is 0. The number of nitrogens with one attached hydrogen (secondary N) is 1. The third kappa shape index (κ3) is 5.76. The van der Waals surface area contributed by atoms with Gasteiger partial charge >= 0.3 is 12.1 Å². The monoisotopic (exact) mass is 327 g/mol. The highest BCUT2D eigenvalue weighted by Crippen LogP contribution is 2.39. The van der Waals surface area contributed by atoms with Gasteiger partial charge in [-0.15, -0.1) is 0 Å². The number of thioether (sulfide) groups is 1. The van der Waals surface area contributed by atoms with Crippen LogP contribution in [0.15, 0.2) is 0 Å². The Balaban J connectivity index is 2.47. The zero-order chi connectivity index (χ0) is 16.0. The standard InChI is InChI=1S/C13H20F3NO3S/c1-21-7-6-10(12(19)20)17-11(18)8-2-4-9(5-3-8)13(14,15)16/h8-10H,2-7H2,1H3,(H,17,18)(H,19,20)/t8?,9?,10-/m0/s1. The van der Waals surface area contributed by atoms with Crippen LogP contribution in [0.4, 0.5) is 13.2 Å². The SMILES string of the molecule is CSCC[C@H](NC(=O)C1CCC(C(F)(F)F)CC1)C(=O)O. The fourth-order valence-corrected chi connectivity index (χ4v) is 2.94. The molecule has 0 heterocycles. The van der Waals surface area contributed by atoms with E-state index in [0.29, 0.717) is 12.2 Å². The number of aliphatic carboxylic acids is 1. The minimum absolute atomic E-state index is 0.0653. The molecular weight excluding hydrogens is 307 g/mol. The number of halogens is 3. The van der Waals surface area contributed by atoms with Gasteiger partial charge < -0.3 is 10.4 Å². The van der Waals surface area contributed by atoms with E-state index in [0.717, 1.165) is 0 Å². The first kappa shape index (κ1) is 18.1. The Morgan fingerprint density at radius 3 is 2.29 bits per heavy atom. The van der Waals surface area contributed by atoms with E-state index in [1.54, 1.807) is 0 Å². The van der Waals surface area contributed by atoms with E-state index in [9.17, 15) is 22.8 Å². The number of amides is 1. The number of alkyl halides is 3. The van der Waals surface area contributed by atoms with E-state index in [1.807, 2.05) is 6.26 Å². The van der Waals surface area contributed by atoms with Gasteiger partial charge in [0.05, 0.1) is 5.92 Å². The van der Waals surface area contributed by atoms with Crippen molar-refractivity contribution >= 4 is 23.6 Å². The summed E-state index contributed by atoms with van der Waals surface area (Å²) in [6.07, 6.45) is -1.88. The van der Waals surface area contributed by atoms with Crippen molar-refractivity contribution in [2.75, 3.05) is 12.0 Å². The summed E-state index contributed by atoms with van der Waals surface area (Å²) in [5.41, 5.74) is 0. The molecule has 1 amide bonds. The molecule has 1 saturated carbocycles. The Kier molecular flexibility index (Phi) is 6.83. The van der Waals surface area contributed by atoms with Gasteiger partial charge in [-0.05, 0) is 44.1 Å². The van der Waals surface area contributed by atoms with Crippen LogP contribution in [0.2, 0.25) is 0 Å². The zero-order valence-corrected chi connectivity index (χ0v) is 12.6. The predicted octanol–water partition coefficient (Wildman–Crippen LogP) is 2.68. The Labute approximate surface area is 125 Å². The fourth-order valence-electron chi connectivity index (χ4n) is 2.47. The van der Waals surface area contributed by atoms with Gasteiger partial charge in [0.15, 0.2) is 0 Å². The number of rotatable bonds is 6. The smallest absolute Gasteiger partial charge is 0.391 e. The van der Waals surface area contributed by atoms with Gasteiger partial charge in [0.25, 0.3) is 0 Å². The van der Waals surface area contributed by atoms with Crippen LogP contribution in [0.25, 0.3) is 0 Å². The minimum atomic E-state index is -4.20. The van der Waals surface area contributed by atoms with E-state index in [2.05, 4.69) is 5.32 Å². The Hall–Kier alpha value is -0.920. The molecule has 1 atom stereocenters. The first-order valence-corrected chi connectivity index (χ1v) is 8.24. The van der Waals surface area contributed by atoms with Gasteiger partial charge in [-0.25, -0.2) is 4.79 Å². The lowest BCUT2D eigenvalue weighted by molar-refractivity contribution is -0.184. The van der Waals surface area contributed by atoms with E-state index < -0.39 is 35.9 Å². The second-order valence-corrected chi connectivity index (χ2v) is 6.26. The van der Waals surface area contributed by atoms with E-state index in [4.69, 9.17) is 5.11 Å². The Bertz CT molecular complexity index is 368. The molecule has 0 aromatic rings. The average Bonchev–Trinajstić information content (AvgIpc) is 2.42. The third-order valence-electron chi connectivity index (χ3n) is 3.79. The molecule has 0 saturated heterocycles. The second kappa shape index (κ2) is 7.91. The molecule has 0 unspecified atom stereocenters. The number of carbonyl (C=O) groups excluding carboxylic acids is 1. The summed E-state index contributed by atoms with van der Waals surface area (Å²) in [4.78, 5) is 23.0. The maximum Gasteiger partial charge on any atom is 0.391 e. The fraction of sp³-hybridized carbons (Fsp3) is 0.846. The van der Waals surface area contributed by atoms with Crippen LogP contribution in [-0.2, 0) is 9.59 Å². The predicted molar refractivity (Wildman–Crippen MR) is 74.1 cm³/mol. The molecule has 0 radical (unpaired) electrons. The van der Waals surface area contributed by atoms with Crippen molar-refractivity contribution in [2.24, 2.45) is 11.8 Å². The topological polar surface area (TPSA) is 66.4 Å². The van der Waals surface area contributed by atoms with Crippen LogP contribution >= 0.6 is 11.8 Å². The van der Waals surface area contributed by atoms with Crippen molar-refractivity contribution in [3.63, 3.8) is 0 Å². The van der Waals surface area contributed by atoms with Crippen molar-refractivity contribution < 1.29 is 27.9 Å². The molecule has 0 aliphatic heterocycles. The number of carbonyl (C=O) groups is 2. The van der Waals surface area contributed by atoms with Gasteiger partial charge in [-0.2, -0.15) is 24.9 Å². The van der Waals surface area contributed by atoms with Crippen molar-refractivity contribution in [3.05, 3.63) is 0 Å². The number of hydrogen-bond donors (Lipinski definition) is 2. The van der Waals surface area contributed by atoms with Gasteiger partial charge in [0.1, 0.15) is 6.04 Å². The second-order valence-electron chi connectivity index (χ2n) is 5.27. The lowest BCUT2D eigenvalue weighted by atomic mass is 9.81. The quantitative estimate of drug-likeness (QED) is 0.787. The summed E-state index contributed by atoms with van der Waals surface area (Å²) in [7, 11) is 0. The molecule has 0 spiro atoms. The molecule has 122 valence electrons. The maximum absolute atomic E-state index is 12.5. The van der Waals surface area contributed by atoms with Gasteiger partial charge in [0, 0.05) is 5.92 Å². The Morgan fingerprint density at radius 1 is 1.29 bits per heavy atom. The highest BCUT2D eigenvalue weighted by Gasteiger charge is 2.42. The molecule has 4 nitrogen and oxygen atoms in total. The van der Waals surface area contributed by atoms with E-state index in [1.165, 1.54) is 11.8 Å². The van der Waals surface area contributed by atoms with Gasteiger partial charge in [-0.1, -0.05) is 0 Å². The average molecular weight is 327 g/mol. The molecule has 21 heavy (non-hydrogen) atoms. The molecule has 1 fully saturated rings. The van der Waals surface area contributed by atoms with Crippen LogP contribution < -0.4 is 5.32 Å². The third-order valence-corrected chi connectivity index (χ3v) is 4.43. The highest BCUT2D eigenvalue weighted by atomic mass is 32.2. The molecule has 1 aliphatic carbocycles. The molecule has 1 aliphatic rings. The van der Waals surface area contributed by atoms with Gasteiger partial charge in [0.2, 0.25) is 5.91 Å². The lowest BCUT2D eigenvalue weighted by Crippen LogP contribution is -2.45. The van der Waals surface area contributed by atoms with Crippen LogP contribution in [-0.4, -0.2) is 41.2 Å². The van der Waals surface area contributed by atoms with E-state index >= 15 is 0 Å². The van der Waals surface area contributed by atoms with Crippen molar-refractivity contribution in [3.8, 4) is 0 Å². The molecule has 0 aromatic carbocycles. The maximum atomic E-state index is 12.5. The molecule has 8 heteroatoms. The Morgan fingerprint density at radius 2 is 1.86 bits per heavy atom. The summed E-state index contributed by atoms with van der Waals surface area (Å²) in [5.74, 6) is -2.81. The normalized spacial score (nSPS) is 24.4. The molecule has 2 N–H and O–H groups in total. The summed E-state index contributed by atoms with van der Waals surface area (Å²) in [5, 5.41) is 11.5. The first-order valence-electron chi connectivity index (χ1n) is 6.84.